The monoisotopic (exact) mass is 446 g/mol. The molecule has 6 nitrogen and oxygen atoms in total. The largest absolute Gasteiger partial charge is 0.489 e. The molecule has 3 N–H and O–H groups in total. The summed E-state index contributed by atoms with van der Waals surface area (Å²) in [7, 11) is 0. The van der Waals surface area contributed by atoms with Gasteiger partial charge in [0.25, 0.3) is 0 Å². The first-order valence-electron chi connectivity index (χ1n) is 11.0. The summed E-state index contributed by atoms with van der Waals surface area (Å²) in [5, 5.41) is 34.7. The van der Waals surface area contributed by atoms with Crippen LogP contribution in [-0.4, -0.2) is 41.0 Å². The van der Waals surface area contributed by atoms with Crippen molar-refractivity contribution in [2.45, 2.75) is 44.8 Å². The molecule has 0 heterocycles. The van der Waals surface area contributed by atoms with Gasteiger partial charge in [0.1, 0.15) is 24.5 Å². The van der Waals surface area contributed by atoms with Gasteiger partial charge in [-0.15, -0.1) is 0 Å². The molecule has 6 heteroatoms. The number of aliphatic hydroxyl groups is 1. The maximum Gasteiger partial charge on any atom is 0.303 e. The molecule has 0 radical (unpaired) electrons. The fraction of sp³-hybridized carbons (Fsp3) is 0.333. The third-order valence-electron chi connectivity index (χ3n) is 5.54. The van der Waals surface area contributed by atoms with Crippen molar-refractivity contribution in [2.75, 3.05) is 13.2 Å². The van der Waals surface area contributed by atoms with Gasteiger partial charge in [0.15, 0.2) is 0 Å². The first kappa shape index (κ1) is 24.2. The number of rotatable bonds is 11. The molecule has 3 aromatic carbocycles. The lowest BCUT2D eigenvalue weighted by molar-refractivity contribution is -0.136. The van der Waals surface area contributed by atoms with Gasteiger partial charge in [0.05, 0.1) is 5.56 Å². The Labute approximate surface area is 194 Å². The lowest BCUT2D eigenvalue weighted by atomic mass is 9.93. The lowest BCUT2D eigenvalue weighted by Crippen LogP contribution is -2.46. The zero-order valence-electron chi connectivity index (χ0n) is 19.0. The number of hydrogen-bond acceptors (Lipinski definition) is 5. The Bertz CT molecular complexity index is 1150. The van der Waals surface area contributed by atoms with E-state index < -0.39 is 12.1 Å². The molecule has 33 heavy (non-hydrogen) atoms. The van der Waals surface area contributed by atoms with Gasteiger partial charge >= 0.3 is 5.97 Å². The van der Waals surface area contributed by atoms with Crippen LogP contribution >= 0.6 is 0 Å². The second-order valence-corrected chi connectivity index (χ2v) is 8.88. The molecule has 0 fully saturated rings. The van der Waals surface area contributed by atoms with E-state index in [9.17, 15) is 15.2 Å². The quantitative estimate of drug-likeness (QED) is 0.410. The number of ether oxygens (including phenoxy) is 1. The standard InChI is InChI=1S/C27H30N2O4/c1-27(2,15-19-10-11-20-6-3-4-7-22(20)14-19)29-17-23(30)18-33-25-9-5-8-21(24(25)16-28)12-13-26(31)32/h3-11,14,23,29-30H,12-13,15,17-18H2,1-2H3,(H,31,32)/t23-/m1/s1. The first-order chi connectivity index (χ1) is 15.8. The molecule has 0 saturated heterocycles. The number of carboxylic acids is 1. The van der Waals surface area contributed by atoms with E-state index in [2.05, 4.69) is 55.6 Å². The van der Waals surface area contributed by atoms with E-state index in [1.807, 2.05) is 12.1 Å². The van der Waals surface area contributed by atoms with Gasteiger partial charge in [-0.2, -0.15) is 5.26 Å². The number of nitriles is 1. The van der Waals surface area contributed by atoms with Crippen molar-refractivity contribution in [1.29, 1.82) is 5.26 Å². The average molecular weight is 447 g/mol. The lowest BCUT2D eigenvalue weighted by Gasteiger charge is -2.28. The van der Waals surface area contributed by atoms with Crippen LogP contribution in [0.1, 0.15) is 37.0 Å². The Hall–Kier alpha value is -3.40. The summed E-state index contributed by atoms with van der Waals surface area (Å²) in [5.41, 5.74) is 1.92. The van der Waals surface area contributed by atoms with Crippen molar-refractivity contribution in [1.82, 2.24) is 5.32 Å². The third-order valence-corrected chi connectivity index (χ3v) is 5.54. The average Bonchev–Trinajstić information content (AvgIpc) is 2.79. The highest BCUT2D eigenvalue weighted by Crippen LogP contribution is 2.23. The molecule has 0 aliphatic rings. The Morgan fingerprint density at radius 2 is 1.88 bits per heavy atom. The van der Waals surface area contributed by atoms with Gasteiger partial charge in [-0.3, -0.25) is 4.79 Å². The molecule has 0 aliphatic heterocycles. The van der Waals surface area contributed by atoms with E-state index in [0.29, 0.717) is 23.4 Å². The fourth-order valence-corrected chi connectivity index (χ4v) is 3.83. The van der Waals surface area contributed by atoms with Gasteiger partial charge in [-0.1, -0.05) is 54.6 Å². The van der Waals surface area contributed by atoms with Crippen molar-refractivity contribution in [3.8, 4) is 11.8 Å². The second kappa shape index (κ2) is 11.0. The summed E-state index contributed by atoms with van der Waals surface area (Å²) >= 11 is 0. The summed E-state index contributed by atoms with van der Waals surface area (Å²) in [4.78, 5) is 10.8. The molecular weight excluding hydrogens is 416 g/mol. The molecule has 0 spiro atoms. The van der Waals surface area contributed by atoms with Crippen molar-refractivity contribution in [2.24, 2.45) is 0 Å². The van der Waals surface area contributed by atoms with Gasteiger partial charge in [-0.05, 0) is 54.7 Å². The predicted octanol–water partition coefficient (Wildman–Crippen LogP) is 4.08. The van der Waals surface area contributed by atoms with E-state index >= 15 is 0 Å². The maximum absolute atomic E-state index is 10.8. The van der Waals surface area contributed by atoms with Crippen molar-refractivity contribution < 1.29 is 19.7 Å². The molecule has 0 bridgehead atoms. The number of aliphatic carboxylic acids is 1. The Kier molecular flexibility index (Phi) is 8.05. The van der Waals surface area contributed by atoms with Crippen LogP contribution < -0.4 is 10.1 Å². The summed E-state index contributed by atoms with van der Waals surface area (Å²) in [5.74, 6) is -0.562. The molecule has 1 atom stereocenters. The number of hydrogen-bond donors (Lipinski definition) is 3. The van der Waals surface area contributed by atoms with Crippen molar-refractivity contribution in [3.05, 3.63) is 77.4 Å². The normalized spacial score (nSPS) is 12.3. The highest BCUT2D eigenvalue weighted by Gasteiger charge is 2.20. The highest BCUT2D eigenvalue weighted by molar-refractivity contribution is 5.83. The number of aliphatic hydroxyl groups excluding tert-OH is 1. The molecular formula is C27H30N2O4. The molecule has 3 aromatic rings. The van der Waals surface area contributed by atoms with Crippen molar-refractivity contribution >= 4 is 16.7 Å². The first-order valence-corrected chi connectivity index (χ1v) is 11.0. The zero-order valence-corrected chi connectivity index (χ0v) is 19.0. The number of benzene rings is 3. The number of β-amino-alcohol motifs (C(OH)–C–C–N with tert-alkyl or cyclic N) is 1. The van der Waals surface area contributed by atoms with Crippen LogP contribution in [0.3, 0.4) is 0 Å². The van der Waals surface area contributed by atoms with Gasteiger partial charge in [0.2, 0.25) is 0 Å². The second-order valence-electron chi connectivity index (χ2n) is 8.88. The molecule has 0 aliphatic carbocycles. The molecule has 0 saturated carbocycles. The fourth-order valence-electron chi connectivity index (χ4n) is 3.83. The van der Waals surface area contributed by atoms with Gasteiger partial charge in [-0.25, -0.2) is 0 Å². The Balaban J connectivity index is 1.54. The van der Waals surface area contributed by atoms with Crippen LogP contribution in [0.5, 0.6) is 5.75 Å². The van der Waals surface area contributed by atoms with Crippen LogP contribution in [0, 0.1) is 11.3 Å². The Morgan fingerprint density at radius 3 is 2.61 bits per heavy atom. The minimum absolute atomic E-state index is 0.0239. The van der Waals surface area contributed by atoms with E-state index in [1.165, 1.54) is 16.3 Å². The number of carboxylic acid groups (broad SMARTS) is 1. The summed E-state index contributed by atoms with van der Waals surface area (Å²) in [6.07, 6.45) is 0.227. The predicted molar refractivity (Wildman–Crippen MR) is 128 cm³/mol. The molecule has 3 rings (SSSR count). The van der Waals surface area contributed by atoms with Gasteiger partial charge in [0, 0.05) is 18.5 Å². The number of nitrogens with zero attached hydrogens (tertiary/aromatic N) is 1. The number of aryl methyl sites for hydroxylation is 1. The zero-order chi connectivity index (χ0) is 23.8. The minimum Gasteiger partial charge on any atom is -0.489 e. The molecule has 0 amide bonds. The van der Waals surface area contributed by atoms with Crippen molar-refractivity contribution in [3.63, 3.8) is 0 Å². The number of carbonyl (C=O) groups is 1. The van der Waals surface area contributed by atoms with E-state index in [-0.39, 0.29) is 25.0 Å². The third kappa shape index (κ3) is 7.04. The van der Waals surface area contributed by atoms with Crippen LogP contribution in [0.25, 0.3) is 10.8 Å². The van der Waals surface area contributed by atoms with Crippen LogP contribution in [0.4, 0.5) is 0 Å². The number of fused-ring (bicyclic) bond motifs is 1. The van der Waals surface area contributed by atoms with Crippen LogP contribution in [-0.2, 0) is 17.6 Å². The van der Waals surface area contributed by atoms with Crippen LogP contribution in [0.15, 0.2) is 60.7 Å². The van der Waals surface area contributed by atoms with Crippen LogP contribution in [0.2, 0.25) is 0 Å². The minimum atomic E-state index is -0.919. The highest BCUT2D eigenvalue weighted by atomic mass is 16.5. The summed E-state index contributed by atoms with van der Waals surface area (Å²) in [6, 6.07) is 21.9. The van der Waals surface area contributed by atoms with E-state index in [4.69, 9.17) is 9.84 Å². The summed E-state index contributed by atoms with van der Waals surface area (Å²) < 4.78 is 5.71. The molecule has 172 valence electrons. The maximum atomic E-state index is 10.8. The topological polar surface area (TPSA) is 103 Å². The number of nitrogens with one attached hydrogen (secondary N) is 1. The summed E-state index contributed by atoms with van der Waals surface area (Å²) in [6.45, 7) is 4.54. The smallest absolute Gasteiger partial charge is 0.303 e. The Morgan fingerprint density at radius 1 is 1.12 bits per heavy atom. The van der Waals surface area contributed by atoms with E-state index in [1.54, 1.807) is 18.2 Å². The molecule has 0 aromatic heterocycles. The molecule has 0 unspecified atom stereocenters. The SMILES string of the molecule is CC(C)(Cc1ccc2ccccc2c1)NC[C@@H](O)COc1cccc(CCC(=O)O)c1C#N. The van der Waals surface area contributed by atoms with Gasteiger partial charge < -0.3 is 20.3 Å². The van der Waals surface area contributed by atoms with E-state index in [0.717, 1.165) is 6.42 Å².